The highest BCUT2D eigenvalue weighted by molar-refractivity contribution is 5.93. The third-order valence-corrected chi connectivity index (χ3v) is 6.26. The van der Waals surface area contributed by atoms with E-state index >= 15 is 0 Å². The molecular formula is C23H29N5O2. The lowest BCUT2D eigenvalue weighted by Gasteiger charge is -2.32. The monoisotopic (exact) mass is 407 g/mol. The molecule has 30 heavy (non-hydrogen) atoms. The number of piperidine rings is 1. The molecule has 7 nitrogen and oxygen atoms in total. The molecule has 2 fully saturated rings. The molecule has 3 heterocycles. The highest BCUT2D eigenvalue weighted by Crippen LogP contribution is 2.25. The molecule has 2 aliphatic rings. The van der Waals surface area contributed by atoms with Crippen LogP contribution >= 0.6 is 0 Å². The van der Waals surface area contributed by atoms with Crippen molar-refractivity contribution >= 4 is 17.5 Å². The molecule has 2 aromatic rings. The molecule has 0 aliphatic carbocycles. The van der Waals surface area contributed by atoms with Gasteiger partial charge in [0.1, 0.15) is 6.04 Å². The third kappa shape index (κ3) is 4.52. The number of pyridine rings is 1. The Morgan fingerprint density at radius 2 is 1.77 bits per heavy atom. The number of nitrogens with one attached hydrogen (secondary N) is 3. The molecular weight excluding hydrogens is 378 g/mol. The van der Waals surface area contributed by atoms with Gasteiger partial charge in [-0.05, 0) is 74.1 Å². The molecule has 0 bridgehead atoms. The highest BCUT2D eigenvalue weighted by atomic mass is 16.2. The van der Waals surface area contributed by atoms with E-state index in [1.807, 2.05) is 42.2 Å². The van der Waals surface area contributed by atoms with Gasteiger partial charge in [-0.15, -0.1) is 0 Å². The van der Waals surface area contributed by atoms with Crippen LogP contribution in [0.4, 0.5) is 5.69 Å². The van der Waals surface area contributed by atoms with Crippen molar-refractivity contribution in [2.24, 2.45) is 5.92 Å². The van der Waals surface area contributed by atoms with Crippen LogP contribution in [0.2, 0.25) is 0 Å². The van der Waals surface area contributed by atoms with Crippen LogP contribution in [0.5, 0.6) is 0 Å². The lowest BCUT2D eigenvalue weighted by molar-refractivity contribution is -0.136. The van der Waals surface area contributed by atoms with Crippen LogP contribution in [0.15, 0.2) is 42.7 Å². The van der Waals surface area contributed by atoms with E-state index < -0.39 is 0 Å². The largest absolute Gasteiger partial charge is 0.341 e. The van der Waals surface area contributed by atoms with Gasteiger partial charge in [0.25, 0.3) is 0 Å². The number of hydrogen-bond donors (Lipinski definition) is 3. The Labute approximate surface area is 177 Å². The van der Waals surface area contributed by atoms with Crippen LogP contribution in [-0.4, -0.2) is 40.8 Å². The fourth-order valence-electron chi connectivity index (χ4n) is 4.18. The Morgan fingerprint density at radius 1 is 1.03 bits per heavy atom. The molecule has 158 valence electrons. The molecule has 1 aromatic carbocycles. The number of aryl methyl sites for hydroxylation is 2. The number of likely N-dealkylation sites (tertiary alicyclic amines) is 1. The first-order valence-corrected chi connectivity index (χ1v) is 10.6. The summed E-state index contributed by atoms with van der Waals surface area (Å²) in [6.07, 6.45) is 5.61. The molecule has 7 heteroatoms. The normalized spacial score (nSPS) is 22.1. The zero-order chi connectivity index (χ0) is 21.1. The van der Waals surface area contributed by atoms with Crippen molar-refractivity contribution in [3.05, 3.63) is 59.4 Å². The predicted molar refractivity (Wildman–Crippen MR) is 116 cm³/mol. The summed E-state index contributed by atoms with van der Waals surface area (Å²) in [7, 11) is 0. The van der Waals surface area contributed by atoms with E-state index in [2.05, 4.69) is 28.1 Å². The Kier molecular flexibility index (Phi) is 6.11. The van der Waals surface area contributed by atoms with E-state index in [9.17, 15) is 9.59 Å². The highest BCUT2D eigenvalue weighted by Gasteiger charge is 2.35. The van der Waals surface area contributed by atoms with Crippen LogP contribution in [0.25, 0.3) is 0 Å². The lowest BCUT2D eigenvalue weighted by atomic mass is 9.94. The van der Waals surface area contributed by atoms with Crippen molar-refractivity contribution in [3.63, 3.8) is 0 Å². The standard InChI is InChI=1S/C23H29N5O2/c1-15-3-4-19(13-16(15)2)25-22(29)18-7-11-28(12-8-18)23(30)21-14-20(26-27-21)17-5-9-24-10-6-17/h3-6,9-10,13,18,20-21,26-27H,7-8,11-12,14H2,1-2H3,(H,25,29). The van der Waals surface area contributed by atoms with Crippen molar-refractivity contribution in [1.82, 2.24) is 20.7 Å². The molecule has 3 N–H and O–H groups in total. The number of amides is 2. The van der Waals surface area contributed by atoms with Gasteiger partial charge in [-0.25, -0.2) is 10.9 Å². The zero-order valence-electron chi connectivity index (χ0n) is 17.5. The molecule has 2 amide bonds. The number of aromatic nitrogens is 1. The summed E-state index contributed by atoms with van der Waals surface area (Å²) in [4.78, 5) is 31.5. The summed E-state index contributed by atoms with van der Waals surface area (Å²) in [6, 6.07) is 9.75. The molecule has 2 aliphatic heterocycles. The van der Waals surface area contributed by atoms with Gasteiger partial charge < -0.3 is 10.2 Å². The minimum atomic E-state index is -0.246. The Bertz CT molecular complexity index is 909. The second kappa shape index (κ2) is 8.93. The van der Waals surface area contributed by atoms with E-state index in [0.29, 0.717) is 32.4 Å². The second-order valence-corrected chi connectivity index (χ2v) is 8.30. The number of hydrazine groups is 1. The molecule has 2 unspecified atom stereocenters. The number of carbonyl (C=O) groups is 2. The van der Waals surface area contributed by atoms with Crippen LogP contribution in [0.3, 0.4) is 0 Å². The van der Waals surface area contributed by atoms with Crippen molar-refractivity contribution in [3.8, 4) is 0 Å². The first kappa shape index (κ1) is 20.5. The number of benzene rings is 1. The summed E-state index contributed by atoms with van der Waals surface area (Å²) in [6.45, 7) is 5.33. The average Bonchev–Trinajstić information content (AvgIpc) is 3.27. The number of anilines is 1. The summed E-state index contributed by atoms with van der Waals surface area (Å²) >= 11 is 0. The summed E-state index contributed by atoms with van der Waals surface area (Å²) < 4.78 is 0. The predicted octanol–water partition coefficient (Wildman–Crippen LogP) is 2.48. The summed E-state index contributed by atoms with van der Waals surface area (Å²) in [5, 5.41) is 3.03. The lowest BCUT2D eigenvalue weighted by Crippen LogP contribution is -2.49. The summed E-state index contributed by atoms with van der Waals surface area (Å²) in [5.74, 6) is 0.0886. The number of rotatable bonds is 4. The average molecular weight is 408 g/mol. The van der Waals surface area contributed by atoms with Crippen LogP contribution < -0.4 is 16.2 Å². The van der Waals surface area contributed by atoms with Crippen LogP contribution in [-0.2, 0) is 9.59 Å². The fraction of sp³-hybridized carbons (Fsp3) is 0.435. The van der Waals surface area contributed by atoms with Gasteiger partial charge in [0.15, 0.2) is 0 Å². The number of carbonyl (C=O) groups excluding carboxylic acids is 2. The van der Waals surface area contributed by atoms with Crippen molar-refractivity contribution in [2.45, 2.75) is 45.2 Å². The van der Waals surface area contributed by atoms with E-state index in [1.165, 1.54) is 5.56 Å². The van der Waals surface area contributed by atoms with E-state index in [0.717, 1.165) is 16.8 Å². The van der Waals surface area contributed by atoms with Gasteiger partial charge in [0, 0.05) is 43.1 Å². The van der Waals surface area contributed by atoms with Gasteiger partial charge >= 0.3 is 0 Å². The van der Waals surface area contributed by atoms with Crippen molar-refractivity contribution in [1.29, 1.82) is 0 Å². The van der Waals surface area contributed by atoms with E-state index in [4.69, 9.17) is 0 Å². The first-order valence-electron chi connectivity index (χ1n) is 10.6. The SMILES string of the molecule is Cc1ccc(NC(=O)C2CCN(C(=O)C3CC(c4ccncc4)NN3)CC2)cc1C. The summed E-state index contributed by atoms with van der Waals surface area (Å²) in [5.41, 5.74) is 10.7. The molecule has 4 rings (SSSR count). The molecule has 0 radical (unpaired) electrons. The fourth-order valence-corrected chi connectivity index (χ4v) is 4.18. The topological polar surface area (TPSA) is 86.4 Å². The van der Waals surface area contributed by atoms with E-state index in [1.54, 1.807) is 12.4 Å². The van der Waals surface area contributed by atoms with Gasteiger partial charge in [0.05, 0.1) is 0 Å². The Balaban J connectivity index is 1.27. The maximum atomic E-state index is 12.9. The number of nitrogens with zero attached hydrogens (tertiary/aromatic N) is 2. The van der Waals surface area contributed by atoms with Gasteiger partial charge in [-0.3, -0.25) is 14.6 Å². The Hall–Kier alpha value is -2.77. The van der Waals surface area contributed by atoms with Crippen LogP contribution in [0, 0.1) is 19.8 Å². The smallest absolute Gasteiger partial charge is 0.241 e. The van der Waals surface area contributed by atoms with Crippen molar-refractivity contribution < 1.29 is 9.59 Å². The van der Waals surface area contributed by atoms with Gasteiger partial charge in [-0.1, -0.05) is 6.07 Å². The van der Waals surface area contributed by atoms with E-state index in [-0.39, 0.29) is 29.8 Å². The van der Waals surface area contributed by atoms with Gasteiger partial charge in [-0.2, -0.15) is 0 Å². The maximum absolute atomic E-state index is 12.9. The third-order valence-electron chi connectivity index (χ3n) is 6.26. The molecule has 0 saturated carbocycles. The molecule has 2 saturated heterocycles. The zero-order valence-corrected chi connectivity index (χ0v) is 17.5. The first-order chi connectivity index (χ1) is 14.5. The second-order valence-electron chi connectivity index (χ2n) is 8.30. The maximum Gasteiger partial charge on any atom is 0.241 e. The van der Waals surface area contributed by atoms with Crippen molar-refractivity contribution in [2.75, 3.05) is 18.4 Å². The molecule has 2 atom stereocenters. The molecule has 1 aromatic heterocycles. The number of hydrogen-bond acceptors (Lipinski definition) is 5. The molecule has 0 spiro atoms. The quantitative estimate of drug-likeness (QED) is 0.725. The minimum Gasteiger partial charge on any atom is -0.341 e. The Morgan fingerprint density at radius 3 is 2.47 bits per heavy atom. The minimum absolute atomic E-state index is 0.0451. The van der Waals surface area contributed by atoms with Gasteiger partial charge in [0.2, 0.25) is 11.8 Å². The van der Waals surface area contributed by atoms with Crippen LogP contribution in [0.1, 0.15) is 42.0 Å².